The van der Waals surface area contributed by atoms with Crippen LogP contribution in [-0.2, 0) is 14.3 Å². The number of carbonyl (C=O) groups is 4. The van der Waals surface area contributed by atoms with Crippen molar-refractivity contribution >= 4 is 23.8 Å². The van der Waals surface area contributed by atoms with Crippen LogP contribution in [0.25, 0.3) is 0 Å². The van der Waals surface area contributed by atoms with Gasteiger partial charge in [0, 0.05) is 24.8 Å². The van der Waals surface area contributed by atoms with Crippen molar-refractivity contribution < 1.29 is 64.1 Å². The van der Waals surface area contributed by atoms with Crippen LogP contribution in [0.15, 0.2) is 37.2 Å². The third kappa shape index (κ3) is 11.4. The molecule has 0 bridgehead atoms. The molecule has 218 valence electrons. The largest absolute Gasteiger partial charge is 1.00 e. The summed E-state index contributed by atoms with van der Waals surface area (Å²) in [6.07, 6.45) is 18.6. The summed E-state index contributed by atoms with van der Waals surface area (Å²) in [5, 5.41) is 14.6. The second kappa shape index (κ2) is 19.2. The first kappa shape index (κ1) is 36.0. The van der Waals surface area contributed by atoms with Crippen molar-refractivity contribution in [3.8, 4) is 0 Å². The molecule has 4 N–H and O–H groups in total. The summed E-state index contributed by atoms with van der Waals surface area (Å²) < 4.78 is 4.81. The summed E-state index contributed by atoms with van der Waals surface area (Å²) in [6.45, 7) is 0. The van der Waals surface area contributed by atoms with Crippen molar-refractivity contribution in [3.05, 3.63) is 48.6 Å². The topological polar surface area (TPSA) is 203 Å². The Hall–Kier alpha value is -3.00. The van der Waals surface area contributed by atoms with E-state index in [4.69, 9.17) is 4.74 Å². The first-order valence-corrected chi connectivity index (χ1v) is 13.3. The standard InChI is InChI=1S/C14H19N3O3.C13H17N3O3.Na.H2O/c1-20-14(19)12(10-5-3-2-4-6-10)17-13(18)11-9-15-7-8-16-11;17-12(10-8-14-6-7-15-10)16-11(13(18)19)9-4-2-1-3-5-9;;/h7-10,12H,2-6H2,1H3,(H,17,18);6-9,11H,1-5H2,(H,16,17)(H,18,19);;1H2/q;;+1;/p-1/t12-;11-;;/m00../s1. The number of aliphatic carboxylic acids is 1. The van der Waals surface area contributed by atoms with Crippen LogP contribution in [0.2, 0.25) is 0 Å². The number of methoxy groups -OCH3 is 1. The average molecular weight is 581 g/mol. The zero-order chi connectivity index (χ0) is 28.0. The fourth-order valence-electron chi connectivity index (χ4n) is 5.08. The summed E-state index contributed by atoms with van der Waals surface area (Å²) in [6, 6.07) is -1.44. The molecule has 2 amide bonds. The van der Waals surface area contributed by atoms with E-state index in [-0.39, 0.29) is 64.2 Å². The van der Waals surface area contributed by atoms with Crippen molar-refractivity contribution in [2.24, 2.45) is 11.8 Å². The molecule has 2 atom stereocenters. The van der Waals surface area contributed by atoms with E-state index in [2.05, 4.69) is 30.6 Å². The SMILES string of the molecule is COC(=O)[C@@H](NC(=O)c1cnccn1)C1CCCCC1.O=C(N[C@H](C(=O)O)C1CCCCC1)c1cnccn1.[Na+].[OH-]. The summed E-state index contributed by atoms with van der Waals surface area (Å²) in [5.41, 5.74) is 0.349. The minimum atomic E-state index is -0.982. The molecule has 0 spiro atoms. The van der Waals surface area contributed by atoms with Gasteiger partial charge < -0.3 is 26.0 Å². The second-order valence-corrected chi connectivity index (χ2v) is 9.74. The number of carboxylic acids is 1. The quantitative estimate of drug-likeness (QED) is 0.265. The van der Waals surface area contributed by atoms with Crippen molar-refractivity contribution in [3.63, 3.8) is 0 Å². The Morgan fingerprint density at radius 2 is 1.17 bits per heavy atom. The van der Waals surface area contributed by atoms with E-state index in [1.54, 1.807) is 0 Å². The third-order valence-corrected chi connectivity index (χ3v) is 7.13. The monoisotopic (exact) mass is 580 g/mol. The Kier molecular flexibility index (Phi) is 16.9. The van der Waals surface area contributed by atoms with Crippen LogP contribution in [0.3, 0.4) is 0 Å². The molecule has 2 heterocycles. The van der Waals surface area contributed by atoms with Gasteiger partial charge in [0.2, 0.25) is 0 Å². The molecule has 2 saturated carbocycles. The predicted octanol–water partition coefficient (Wildman–Crippen LogP) is -0.605. The van der Waals surface area contributed by atoms with E-state index in [1.165, 1.54) is 50.7 Å². The van der Waals surface area contributed by atoms with Crippen LogP contribution in [0.5, 0.6) is 0 Å². The summed E-state index contributed by atoms with van der Waals surface area (Å²) in [4.78, 5) is 62.7. The number of aromatic nitrogens is 4. The smallest absolute Gasteiger partial charge is 0.870 e. The zero-order valence-corrected chi connectivity index (χ0v) is 25.6. The van der Waals surface area contributed by atoms with Gasteiger partial charge in [0.15, 0.2) is 0 Å². The number of rotatable bonds is 8. The maximum absolute atomic E-state index is 12.1. The van der Waals surface area contributed by atoms with Crippen molar-refractivity contribution in [1.29, 1.82) is 0 Å². The molecule has 4 rings (SSSR count). The molecule has 0 saturated heterocycles. The Morgan fingerprint density at radius 3 is 1.54 bits per heavy atom. The average Bonchev–Trinajstić information content (AvgIpc) is 3.00. The number of ether oxygens (including phenoxy) is 1. The minimum absolute atomic E-state index is 0. The van der Waals surface area contributed by atoms with Gasteiger partial charge in [-0.3, -0.25) is 19.6 Å². The Morgan fingerprint density at radius 1 is 0.756 bits per heavy atom. The number of nitrogens with zero attached hydrogens (tertiary/aromatic N) is 4. The molecule has 2 fully saturated rings. The molecular formula is C27H37N6NaO7. The molecule has 0 aromatic carbocycles. The summed E-state index contributed by atoms with van der Waals surface area (Å²) in [7, 11) is 1.34. The van der Waals surface area contributed by atoms with Gasteiger partial charge in [-0.05, 0) is 37.5 Å². The first-order chi connectivity index (χ1) is 18.9. The molecule has 2 aromatic heterocycles. The molecule has 2 aliphatic carbocycles. The predicted molar refractivity (Wildman–Crippen MR) is 141 cm³/mol. The molecule has 0 radical (unpaired) electrons. The van der Waals surface area contributed by atoms with Gasteiger partial charge in [0.1, 0.15) is 23.5 Å². The molecule has 0 aliphatic heterocycles. The summed E-state index contributed by atoms with van der Waals surface area (Å²) >= 11 is 0. The van der Waals surface area contributed by atoms with Gasteiger partial charge in [0.25, 0.3) is 11.8 Å². The van der Waals surface area contributed by atoms with Crippen LogP contribution in [0, 0.1) is 11.8 Å². The minimum Gasteiger partial charge on any atom is -0.870 e. The Labute approximate surface area is 261 Å². The van der Waals surface area contributed by atoms with E-state index in [0.29, 0.717) is 0 Å². The molecule has 14 heteroatoms. The van der Waals surface area contributed by atoms with Gasteiger partial charge in [-0.25, -0.2) is 19.6 Å². The van der Waals surface area contributed by atoms with E-state index in [9.17, 15) is 24.3 Å². The number of esters is 1. The molecular weight excluding hydrogens is 543 g/mol. The number of carboxylic acid groups (broad SMARTS) is 1. The fourth-order valence-corrected chi connectivity index (χ4v) is 5.08. The second-order valence-electron chi connectivity index (χ2n) is 9.74. The molecule has 2 aliphatic rings. The van der Waals surface area contributed by atoms with Crippen LogP contribution in [0.4, 0.5) is 0 Å². The van der Waals surface area contributed by atoms with E-state index < -0.39 is 29.9 Å². The van der Waals surface area contributed by atoms with Crippen molar-refractivity contribution in [2.45, 2.75) is 76.3 Å². The first-order valence-electron chi connectivity index (χ1n) is 13.3. The maximum Gasteiger partial charge on any atom is 1.00 e. The summed E-state index contributed by atoms with van der Waals surface area (Å²) in [5.74, 6) is -2.10. The van der Waals surface area contributed by atoms with Crippen LogP contribution in [0.1, 0.15) is 85.2 Å². The third-order valence-electron chi connectivity index (χ3n) is 7.13. The van der Waals surface area contributed by atoms with Gasteiger partial charge >= 0.3 is 41.5 Å². The molecule has 2 aromatic rings. The van der Waals surface area contributed by atoms with Gasteiger partial charge in [-0.15, -0.1) is 0 Å². The van der Waals surface area contributed by atoms with E-state index in [0.717, 1.165) is 57.8 Å². The van der Waals surface area contributed by atoms with Crippen LogP contribution >= 0.6 is 0 Å². The van der Waals surface area contributed by atoms with E-state index in [1.807, 2.05) is 0 Å². The number of amides is 2. The number of nitrogens with one attached hydrogen (secondary N) is 2. The van der Waals surface area contributed by atoms with Gasteiger partial charge in [0.05, 0.1) is 19.5 Å². The van der Waals surface area contributed by atoms with Crippen molar-refractivity contribution in [2.75, 3.05) is 7.11 Å². The van der Waals surface area contributed by atoms with Gasteiger partial charge in [-0.1, -0.05) is 38.5 Å². The van der Waals surface area contributed by atoms with Crippen LogP contribution in [-0.4, -0.2) is 73.5 Å². The number of carbonyl (C=O) groups excluding carboxylic acids is 3. The van der Waals surface area contributed by atoms with Crippen molar-refractivity contribution in [1.82, 2.24) is 30.6 Å². The number of hydrogen-bond donors (Lipinski definition) is 3. The van der Waals surface area contributed by atoms with Crippen LogP contribution < -0.4 is 40.2 Å². The zero-order valence-electron chi connectivity index (χ0n) is 23.6. The van der Waals surface area contributed by atoms with E-state index >= 15 is 0 Å². The maximum atomic E-state index is 12.1. The molecule has 41 heavy (non-hydrogen) atoms. The molecule has 13 nitrogen and oxygen atoms in total. The Balaban J connectivity index is 0.000000391. The normalized spacial score (nSPS) is 16.6. The Bertz CT molecular complexity index is 1080. The molecule has 0 unspecified atom stereocenters. The fraction of sp³-hybridized carbons (Fsp3) is 0.556. The number of hydrogen-bond acceptors (Lipinski definition) is 10. The van der Waals surface area contributed by atoms with Gasteiger partial charge in [-0.2, -0.15) is 0 Å².